The van der Waals surface area contributed by atoms with Gasteiger partial charge in [-0.05, 0) is 37.6 Å². The largest absolute Gasteiger partial charge is 0.506 e. The van der Waals surface area contributed by atoms with Crippen LogP contribution in [0.25, 0.3) is 11.6 Å². The molecular weight excluding hydrogens is 288 g/mol. The van der Waals surface area contributed by atoms with Crippen LogP contribution in [0.5, 0.6) is 5.75 Å². The number of hydrogen-bond acceptors (Lipinski definition) is 3. The molecule has 0 spiro atoms. The van der Waals surface area contributed by atoms with Crippen LogP contribution in [0.1, 0.15) is 22.4 Å². The number of aromatic hydroxyl groups is 1. The van der Waals surface area contributed by atoms with Gasteiger partial charge in [0.05, 0.1) is 11.3 Å². The summed E-state index contributed by atoms with van der Waals surface area (Å²) < 4.78 is 0. The van der Waals surface area contributed by atoms with Crippen molar-refractivity contribution in [3.8, 4) is 5.75 Å². The predicted octanol–water partition coefficient (Wildman–Crippen LogP) is 3.55. The smallest absolute Gasteiger partial charge is 0.257 e. The zero-order valence-electron chi connectivity index (χ0n) is 11.6. The molecule has 0 bridgehead atoms. The number of aryl methyl sites for hydroxylation is 1. The standard InChI is InChI=1S/C16H13ClN2O2/c1-8-13-12(7-10-3-5-11(17)6-4-10)16(21)19-15(13)18-9(2)14(8)20/h3-7,20H,1-2H3,(H,18,19,21). The molecule has 1 aliphatic heterocycles. The van der Waals surface area contributed by atoms with Gasteiger partial charge >= 0.3 is 0 Å². The third-order valence-corrected chi connectivity index (χ3v) is 3.77. The van der Waals surface area contributed by atoms with Crippen LogP contribution >= 0.6 is 11.6 Å². The van der Waals surface area contributed by atoms with E-state index in [2.05, 4.69) is 10.3 Å². The van der Waals surface area contributed by atoms with Crippen molar-refractivity contribution >= 4 is 35.0 Å². The van der Waals surface area contributed by atoms with E-state index in [1.54, 1.807) is 32.1 Å². The van der Waals surface area contributed by atoms with Crippen molar-refractivity contribution in [2.24, 2.45) is 0 Å². The molecule has 2 N–H and O–H groups in total. The Morgan fingerprint density at radius 1 is 1.24 bits per heavy atom. The van der Waals surface area contributed by atoms with Crippen molar-refractivity contribution in [1.29, 1.82) is 0 Å². The SMILES string of the molecule is Cc1nc2c(c(C)c1O)C(=Cc1ccc(Cl)cc1)C(=O)N2. The van der Waals surface area contributed by atoms with E-state index in [9.17, 15) is 9.90 Å². The second-order valence-electron chi connectivity index (χ2n) is 4.96. The number of nitrogens with one attached hydrogen (secondary N) is 1. The van der Waals surface area contributed by atoms with E-state index in [0.717, 1.165) is 5.56 Å². The maximum atomic E-state index is 12.2. The van der Waals surface area contributed by atoms with Crippen LogP contribution in [-0.4, -0.2) is 16.0 Å². The van der Waals surface area contributed by atoms with Gasteiger partial charge in [-0.1, -0.05) is 23.7 Å². The third-order valence-electron chi connectivity index (χ3n) is 3.52. The average molecular weight is 301 g/mol. The van der Waals surface area contributed by atoms with Gasteiger partial charge in [0, 0.05) is 16.1 Å². The molecule has 2 aromatic rings. The zero-order valence-corrected chi connectivity index (χ0v) is 12.3. The lowest BCUT2D eigenvalue weighted by Crippen LogP contribution is -2.04. The summed E-state index contributed by atoms with van der Waals surface area (Å²) >= 11 is 5.86. The summed E-state index contributed by atoms with van der Waals surface area (Å²) in [6.45, 7) is 3.48. The van der Waals surface area contributed by atoms with Gasteiger partial charge in [0.1, 0.15) is 11.6 Å². The van der Waals surface area contributed by atoms with Crippen molar-refractivity contribution in [1.82, 2.24) is 4.98 Å². The summed E-state index contributed by atoms with van der Waals surface area (Å²) in [5.41, 5.74) is 3.15. The van der Waals surface area contributed by atoms with Crippen molar-refractivity contribution in [2.75, 3.05) is 5.32 Å². The van der Waals surface area contributed by atoms with Crippen molar-refractivity contribution in [3.05, 3.63) is 51.7 Å². The fraction of sp³-hybridized carbons (Fsp3) is 0.125. The number of benzene rings is 1. The van der Waals surface area contributed by atoms with Gasteiger partial charge in [0.25, 0.3) is 5.91 Å². The highest BCUT2D eigenvalue weighted by molar-refractivity contribution is 6.35. The van der Waals surface area contributed by atoms with Crippen LogP contribution < -0.4 is 5.32 Å². The number of carbonyl (C=O) groups excluding carboxylic acids is 1. The van der Waals surface area contributed by atoms with E-state index in [0.29, 0.717) is 33.2 Å². The molecule has 0 fully saturated rings. The Hall–Kier alpha value is -2.33. The minimum Gasteiger partial charge on any atom is -0.506 e. The zero-order chi connectivity index (χ0) is 15.1. The first-order chi connectivity index (χ1) is 9.97. The molecule has 2 heterocycles. The Labute approximate surface area is 127 Å². The van der Waals surface area contributed by atoms with E-state index in [-0.39, 0.29) is 11.7 Å². The fourth-order valence-corrected chi connectivity index (χ4v) is 2.54. The maximum absolute atomic E-state index is 12.2. The van der Waals surface area contributed by atoms with Crippen LogP contribution in [0.15, 0.2) is 24.3 Å². The van der Waals surface area contributed by atoms with E-state index in [1.165, 1.54) is 0 Å². The van der Waals surface area contributed by atoms with Crippen LogP contribution in [0.3, 0.4) is 0 Å². The minimum absolute atomic E-state index is 0.118. The molecule has 0 radical (unpaired) electrons. The molecule has 4 nitrogen and oxygen atoms in total. The first-order valence-electron chi connectivity index (χ1n) is 6.46. The summed E-state index contributed by atoms with van der Waals surface area (Å²) in [6.07, 6.45) is 1.76. The maximum Gasteiger partial charge on any atom is 0.257 e. The lowest BCUT2D eigenvalue weighted by molar-refractivity contribution is -0.110. The Bertz CT molecular complexity index is 780. The molecule has 3 rings (SSSR count). The Balaban J connectivity index is 2.17. The minimum atomic E-state index is -0.222. The van der Waals surface area contributed by atoms with Gasteiger partial charge in [-0.3, -0.25) is 4.79 Å². The molecule has 1 amide bonds. The number of hydrogen-bond donors (Lipinski definition) is 2. The molecule has 1 aliphatic rings. The summed E-state index contributed by atoms with van der Waals surface area (Å²) in [7, 11) is 0. The molecule has 0 atom stereocenters. The number of fused-ring (bicyclic) bond motifs is 1. The summed E-state index contributed by atoms with van der Waals surface area (Å²) in [5, 5.41) is 13.4. The van der Waals surface area contributed by atoms with Crippen LogP contribution in [-0.2, 0) is 4.79 Å². The number of nitrogens with zero attached hydrogens (tertiary/aromatic N) is 1. The van der Waals surface area contributed by atoms with Gasteiger partial charge in [-0.25, -0.2) is 4.98 Å². The number of carbonyl (C=O) groups is 1. The molecule has 5 heteroatoms. The van der Waals surface area contributed by atoms with E-state index in [1.807, 2.05) is 12.1 Å². The third kappa shape index (κ3) is 2.28. The lowest BCUT2D eigenvalue weighted by atomic mass is 10.00. The number of aromatic nitrogens is 1. The van der Waals surface area contributed by atoms with Crippen LogP contribution in [0.2, 0.25) is 5.02 Å². The summed E-state index contributed by atoms with van der Waals surface area (Å²) in [6, 6.07) is 7.19. The molecule has 21 heavy (non-hydrogen) atoms. The van der Waals surface area contributed by atoms with Gasteiger partial charge in [-0.2, -0.15) is 0 Å². The molecule has 0 saturated carbocycles. The monoisotopic (exact) mass is 300 g/mol. The Morgan fingerprint density at radius 3 is 2.57 bits per heavy atom. The topological polar surface area (TPSA) is 62.2 Å². The van der Waals surface area contributed by atoms with Crippen LogP contribution in [0.4, 0.5) is 5.82 Å². The van der Waals surface area contributed by atoms with Crippen LogP contribution in [0, 0.1) is 13.8 Å². The molecule has 0 saturated heterocycles. The number of anilines is 1. The molecule has 106 valence electrons. The van der Waals surface area contributed by atoms with E-state index in [4.69, 9.17) is 11.6 Å². The normalized spacial score (nSPS) is 15.2. The predicted molar refractivity (Wildman–Crippen MR) is 83.3 cm³/mol. The lowest BCUT2D eigenvalue weighted by Gasteiger charge is -2.08. The summed E-state index contributed by atoms with van der Waals surface area (Å²) in [5.74, 6) is 0.390. The highest BCUT2D eigenvalue weighted by atomic mass is 35.5. The second-order valence-corrected chi connectivity index (χ2v) is 5.39. The average Bonchev–Trinajstić information content (AvgIpc) is 2.75. The molecule has 0 unspecified atom stereocenters. The summed E-state index contributed by atoms with van der Waals surface area (Å²) in [4.78, 5) is 16.4. The van der Waals surface area contributed by atoms with Gasteiger partial charge in [-0.15, -0.1) is 0 Å². The molecule has 0 aliphatic carbocycles. The Morgan fingerprint density at radius 2 is 1.90 bits per heavy atom. The first-order valence-corrected chi connectivity index (χ1v) is 6.84. The van der Waals surface area contributed by atoms with Crippen molar-refractivity contribution < 1.29 is 9.90 Å². The number of pyridine rings is 1. The Kier molecular flexibility index (Phi) is 3.18. The second kappa shape index (κ2) is 4.90. The number of halogens is 1. The molecule has 1 aromatic heterocycles. The van der Waals surface area contributed by atoms with Crippen molar-refractivity contribution in [2.45, 2.75) is 13.8 Å². The quantitative estimate of drug-likeness (QED) is 0.792. The number of amides is 1. The van der Waals surface area contributed by atoms with Gasteiger partial charge in [0.15, 0.2) is 0 Å². The first kappa shape index (κ1) is 13.6. The van der Waals surface area contributed by atoms with E-state index < -0.39 is 0 Å². The van der Waals surface area contributed by atoms with E-state index >= 15 is 0 Å². The fourth-order valence-electron chi connectivity index (χ4n) is 2.42. The highest BCUT2D eigenvalue weighted by Crippen LogP contribution is 2.38. The molecule has 1 aromatic carbocycles. The highest BCUT2D eigenvalue weighted by Gasteiger charge is 2.29. The number of rotatable bonds is 1. The van der Waals surface area contributed by atoms with Gasteiger partial charge in [0.2, 0.25) is 0 Å². The van der Waals surface area contributed by atoms with Gasteiger partial charge < -0.3 is 10.4 Å². The molecular formula is C16H13ClN2O2. The van der Waals surface area contributed by atoms with Crippen molar-refractivity contribution in [3.63, 3.8) is 0 Å².